The smallest absolute Gasteiger partial charge is 0.252 e. The van der Waals surface area contributed by atoms with Gasteiger partial charge in [-0.15, -0.1) is 0 Å². The van der Waals surface area contributed by atoms with Crippen molar-refractivity contribution < 1.29 is 0 Å². The molecule has 4 rings (SSSR count). The highest BCUT2D eigenvalue weighted by Gasteiger charge is 2.19. The number of rotatable bonds is 5. The zero-order chi connectivity index (χ0) is 19.3. The van der Waals surface area contributed by atoms with Gasteiger partial charge in [0.1, 0.15) is 0 Å². The van der Waals surface area contributed by atoms with Gasteiger partial charge < -0.3 is 9.88 Å². The number of piperidine rings is 1. The standard InChI is InChI=1S/C24H27N3O/c1-26-23-12-6-5-11-21(23)22(18-24(26)28)25-20-13-16-27(17-14-20)15-7-10-19-8-3-2-4-9-19/h2-12,18,20,25H,13-17H2,1H3. The van der Waals surface area contributed by atoms with Crippen LogP contribution < -0.4 is 10.9 Å². The van der Waals surface area contributed by atoms with E-state index in [1.165, 1.54) is 5.56 Å². The molecule has 3 aromatic rings. The van der Waals surface area contributed by atoms with Crippen LogP contribution in [0.1, 0.15) is 18.4 Å². The molecular weight excluding hydrogens is 346 g/mol. The predicted molar refractivity (Wildman–Crippen MR) is 118 cm³/mol. The lowest BCUT2D eigenvalue weighted by atomic mass is 10.0. The van der Waals surface area contributed by atoms with Gasteiger partial charge in [-0.3, -0.25) is 9.69 Å². The van der Waals surface area contributed by atoms with Crippen molar-refractivity contribution in [2.45, 2.75) is 18.9 Å². The number of likely N-dealkylation sites (tertiary alicyclic amines) is 1. The summed E-state index contributed by atoms with van der Waals surface area (Å²) in [5, 5.41) is 4.75. The fraction of sp³-hybridized carbons (Fsp3) is 0.292. The van der Waals surface area contributed by atoms with Crippen molar-refractivity contribution >= 4 is 22.7 Å². The first-order valence-corrected chi connectivity index (χ1v) is 10.00. The van der Waals surface area contributed by atoms with Crippen LogP contribution in [0.3, 0.4) is 0 Å². The van der Waals surface area contributed by atoms with Gasteiger partial charge in [0, 0.05) is 49.9 Å². The number of anilines is 1. The second kappa shape index (κ2) is 8.44. The van der Waals surface area contributed by atoms with E-state index >= 15 is 0 Å². The summed E-state index contributed by atoms with van der Waals surface area (Å²) < 4.78 is 1.71. The van der Waals surface area contributed by atoms with E-state index in [1.807, 2.05) is 31.3 Å². The molecule has 0 amide bonds. The molecule has 1 N–H and O–H groups in total. The zero-order valence-electron chi connectivity index (χ0n) is 16.3. The normalized spacial score (nSPS) is 16.0. The minimum Gasteiger partial charge on any atom is -0.382 e. The Bertz CT molecular complexity index is 1010. The summed E-state index contributed by atoms with van der Waals surface area (Å²) >= 11 is 0. The van der Waals surface area contributed by atoms with E-state index in [0.29, 0.717) is 6.04 Å². The van der Waals surface area contributed by atoms with Crippen LogP contribution in [-0.4, -0.2) is 35.1 Å². The molecule has 0 atom stereocenters. The molecule has 1 fully saturated rings. The van der Waals surface area contributed by atoms with Crippen LogP contribution in [0.5, 0.6) is 0 Å². The molecule has 0 bridgehead atoms. The van der Waals surface area contributed by atoms with Crippen LogP contribution in [0.4, 0.5) is 5.69 Å². The number of fused-ring (bicyclic) bond motifs is 1. The molecule has 0 unspecified atom stereocenters. The molecule has 0 saturated carbocycles. The molecule has 1 aromatic heterocycles. The number of hydrogen-bond acceptors (Lipinski definition) is 3. The van der Waals surface area contributed by atoms with Gasteiger partial charge in [0.05, 0.1) is 5.52 Å². The second-order valence-corrected chi connectivity index (χ2v) is 7.50. The number of nitrogens with one attached hydrogen (secondary N) is 1. The second-order valence-electron chi connectivity index (χ2n) is 7.50. The molecule has 4 nitrogen and oxygen atoms in total. The number of hydrogen-bond donors (Lipinski definition) is 1. The lowest BCUT2D eigenvalue weighted by Gasteiger charge is -2.32. The fourth-order valence-corrected chi connectivity index (χ4v) is 3.91. The largest absolute Gasteiger partial charge is 0.382 e. The van der Waals surface area contributed by atoms with Gasteiger partial charge in [0.25, 0.3) is 5.56 Å². The maximum absolute atomic E-state index is 12.3. The minimum absolute atomic E-state index is 0.0321. The predicted octanol–water partition coefficient (Wildman–Crippen LogP) is 4.13. The van der Waals surface area contributed by atoms with Crippen LogP contribution in [0.25, 0.3) is 17.0 Å². The highest BCUT2D eigenvalue weighted by molar-refractivity contribution is 5.91. The Kier molecular flexibility index (Phi) is 5.58. The summed E-state index contributed by atoms with van der Waals surface area (Å²) in [7, 11) is 1.83. The van der Waals surface area contributed by atoms with E-state index in [0.717, 1.165) is 49.1 Å². The van der Waals surface area contributed by atoms with E-state index in [1.54, 1.807) is 10.6 Å². The molecule has 1 aliphatic rings. The van der Waals surface area contributed by atoms with Gasteiger partial charge in [0.15, 0.2) is 0 Å². The van der Waals surface area contributed by atoms with Gasteiger partial charge in [-0.2, -0.15) is 0 Å². The van der Waals surface area contributed by atoms with E-state index in [4.69, 9.17) is 0 Å². The number of para-hydroxylation sites is 1. The van der Waals surface area contributed by atoms with Gasteiger partial charge >= 0.3 is 0 Å². The van der Waals surface area contributed by atoms with Crippen LogP contribution in [0.15, 0.2) is 71.5 Å². The molecular formula is C24H27N3O. The average Bonchev–Trinajstić information content (AvgIpc) is 2.74. The molecule has 2 heterocycles. The van der Waals surface area contributed by atoms with Crippen LogP contribution in [-0.2, 0) is 7.05 Å². The maximum Gasteiger partial charge on any atom is 0.252 e. The Labute approximate surface area is 166 Å². The molecule has 144 valence electrons. The quantitative estimate of drug-likeness (QED) is 0.731. The molecule has 2 aromatic carbocycles. The summed E-state index contributed by atoms with van der Waals surface area (Å²) in [4.78, 5) is 14.8. The van der Waals surface area contributed by atoms with E-state index in [9.17, 15) is 4.79 Å². The number of aryl methyl sites for hydroxylation is 1. The van der Waals surface area contributed by atoms with E-state index in [2.05, 4.69) is 52.7 Å². The monoisotopic (exact) mass is 373 g/mol. The first-order valence-electron chi connectivity index (χ1n) is 10.00. The molecule has 4 heteroatoms. The average molecular weight is 374 g/mol. The Hall–Kier alpha value is -2.85. The van der Waals surface area contributed by atoms with Crippen molar-refractivity contribution in [3.63, 3.8) is 0 Å². The van der Waals surface area contributed by atoms with Crippen LogP contribution in [0, 0.1) is 0 Å². The fourth-order valence-electron chi connectivity index (χ4n) is 3.91. The first kappa shape index (κ1) is 18.5. The molecule has 28 heavy (non-hydrogen) atoms. The highest BCUT2D eigenvalue weighted by Crippen LogP contribution is 2.24. The number of benzene rings is 2. The van der Waals surface area contributed by atoms with Crippen molar-refractivity contribution in [1.82, 2.24) is 9.47 Å². The third-order valence-corrected chi connectivity index (χ3v) is 5.57. The summed E-state index contributed by atoms with van der Waals surface area (Å²) in [5.74, 6) is 0. The van der Waals surface area contributed by atoms with Crippen molar-refractivity contribution in [1.29, 1.82) is 0 Å². The van der Waals surface area contributed by atoms with Crippen molar-refractivity contribution in [2.24, 2.45) is 7.05 Å². The van der Waals surface area contributed by atoms with E-state index < -0.39 is 0 Å². The maximum atomic E-state index is 12.3. The highest BCUT2D eigenvalue weighted by atomic mass is 16.1. The molecule has 0 radical (unpaired) electrons. The van der Waals surface area contributed by atoms with Gasteiger partial charge in [-0.1, -0.05) is 60.7 Å². The summed E-state index contributed by atoms with van der Waals surface area (Å²) in [6.07, 6.45) is 6.61. The summed E-state index contributed by atoms with van der Waals surface area (Å²) in [6.45, 7) is 3.12. The topological polar surface area (TPSA) is 37.3 Å². The Morgan fingerprint density at radius 3 is 2.54 bits per heavy atom. The number of aromatic nitrogens is 1. The van der Waals surface area contributed by atoms with Crippen LogP contribution >= 0.6 is 0 Å². The summed E-state index contributed by atoms with van der Waals surface area (Å²) in [6, 6.07) is 20.7. The van der Waals surface area contributed by atoms with Crippen molar-refractivity contribution in [3.05, 3.63) is 82.7 Å². The number of nitrogens with zero attached hydrogens (tertiary/aromatic N) is 2. The summed E-state index contributed by atoms with van der Waals surface area (Å²) in [5.41, 5.74) is 3.21. The molecule has 0 aliphatic carbocycles. The van der Waals surface area contributed by atoms with Crippen molar-refractivity contribution in [2.75, 3.05) is 25.0 Å². The lowest BCUT2D eigenvalue weighted by Crippen LogP contribution is -2.39. The molecule has 0 spiro atoms. The van der Waals surface area contributed by atoms with Crippen LogP contribution in [0.2, 0.25) is 0 Å². The Morgan fingerprint density at radius 1 is 1.04 bits per heavy atom. The molecule has 1 aliphatic heterocycles. The van der Waals surface area contributed by atoms with Gasteiger partial charge in [0.2, 0.25) is 0 Å². The molecule has 1 saturated heterocycles. The van der Waals surface area contributed by atoms with Gasteiger partial charge in [-0.25, -0.2) is 0 Å². The zero-order valence-corrected chi connectivity index (χ0v) is 16.3. The Balaban J connectivity index is 1.36. The van der Waals surface area contributed by atoms with Crippen molar-refractivity contribution in [3.8, 4) is 0 Å². The third-order valence-electron chi connectivity index (χ3n) is 5.57. The Morgan fingerprint density at radius 2 is 1.75 bits per heavy atom. The third kappa shape index (κ3) is 4.18. The SMILES string of the molecule is Cn1c(=O)cc(NC2CCN(CC=Cc3ccccc3)CC2)c2ccccc21. The van der Waals surface area contributed by atoms with Gasteiger partial charge in [-0.05, 0) is 24.5 Å². The number of pyridine rings is 1. The van der Waals surface area contributed by atoms with E-state index in [-0.39, 0.29) is 5.56 Å². The minimum atomic E-state index is 0.0321. The lowest BCUT2D eigenvalue weighted by molar-refractivity contribution is 0.240. The first-order chi connectivity index (χ1) is 13.7.